The Kier molecular flexibility index (Phi) is 3.39. The Morgan fingerprint density at radius 1 is 1.47 bits per heavy atom. The van der Waals surface area contributed by atoms with Crippen LogP contribution in [0.2, 0.25) is 0 Å². The molecule has 1 atom stereocenters. The monoisotopic (exact) mass is 265 g/mol. The number of alkyl halides is 1. The molecule has 1 unspecified atom stereocenters. The standard InChI is InChI=1S/C14H20FN3O/c1-19-9-14(15)5-6-18(8-14)13-7-12(16-10-17-13)11-3-2-4-11/h7,10-11H,2-6,8-9H2,1H3. The molecule has 5 heteroatoms. The molecule has 1 aliphatic heterocycles. The third-order valence-electron chi connectivity index (χ3n) is 4.23. The first kappa shape index (κ1) is 12.8. The summed E-state index contributed by atoms with van der Waals surface area (Å²) in [6, 6.07) is 2.03. The molecular weight excluding hydrogens is 245 g/mol. The molecule has 2 aliphatic rings. The van der Waals surface area contributed by atoms with Crippen LogP contribution in [0.3, 0.4) is 0 Å². The number of ether oxygens (including phenoxy) is 1. The molecule has 0 bridgehead atoms. The van der Waals surface area contributed by atoms with Crippen LogP contribution in [-0.2, 0) is 4.74 Å². The second-order valence-corrected chi connectivity index (χ2v) is 5.68. The SMILES string of the molecule is COCC1(F)CCN(c2cc(C3CCC3)ncn2)C1. The fourth-order valence-corrected chi connectivity index (χ4v) is 2.87. The molecule has 2 fully saturated rings. The summed E-state index contributed by atoms with van der Waals surface area (Å²) >= 11 is 0. The van der Waals surface area contributed by atoms with Gasteiger partial charge in [-0.05, 0) is 12.8 Å². The van der Waals surface area contributed by atoms with Crippen LogP contribution in [0.4, 0.5) is 10.2 Å². The molecule has 1 saturated heterocycles. The normalized spacial score (nSPS) is 27.6. The van der Waals surface area contributed by atoms with Gasteiger partial charge in [0, 0.05) is 37.8 Å². The molecular formula is C14H20FN3O. The highest BCUT2D eigenvalue weighted by Crippen LogP contribution is 2.36. The zero-order chi connectivity index (χ0) is 13.3. The second kappa shape index (κ2) is 5.04. The van der Waals surface area contributed by atoms with E-state index in [9.17, 15) is 4.39 Å². The maximum atomic E-state index is 14.4. The predicted octanol–water partition coefficient (Wildman–Crippen LogP) is 2.31. The fraction of sp³-hybridized carbons (Fsp3) is 0.714. The quantitative estimate of drug-likeness (QED) is 0.837. The summed E-state index contributed by atoms with van der Waals surface area (Å²) in [6.07, 6.45) is 5.83. The van der Waals surface area contributed by atoms with E-state index in [1.807, 2.05) is 11.0 Å². The minimum absolute atomic E-state index is 0.157. The van der Waals surface area contributed by atoms with Crippen LogP contribution in [0, 0.1) is 0 Å². The van der Waals surface area contributed by atoms with Crippen LogP contribution in [0.5, 0.6) is 0 Å². The molecule has 1 aromatic rings. The van der Waals surface area contributed by atoms with Crippen molar-refractivity contribution in [2.45, 2.75) is 37.3 Å². The van der Waals surface area contributed by atoms with Gasteiger partial charge in [0.1, 0.15) is 12.1 Å². The zero-order valence-electron chi connectivity index (χ0n) is 11.3. The Balaban J connectivity index is 1.72. The van der Waals surface area contributed by atoms with Crippen molar-refractivity contribution in [3.05, 3.63) is 18.1 Å². The van der Waals surface area contributed by atoms with Gasteiger partial charge in [0.25, 0.3) is 0 Å². The summed E-state index contributed by atoms with van der Waals surface area (Å²) in [6.45, 7) is 1.22. The lowest BCUT2D eigenvalue weighted by atomic mass is 9.83. The zero-order valence-corrected chi connectivity index (χ0v) is 11.3. The highest BCUT2D eigenvalue weighted by molar-refractivity contribution is 5.42. The van der Waals surface area contributed by atoms with E-state index in [-0.39, 0.29) is 6.61 Å². The molecule has 0 N–H and O–H groups in total. The summed E-state index contributed by atoms with van der Waals surface area (Å²) in [4.78, 5) is 10.6. The number of halogens is 1. The topological polar surface area (TPSA) is 38.2 Å². The van der Waals surface area contributed by atoms with Gasteiger partial charge in [-0.2, -0.15) is 0 Å². The minimum Gasteiger partial charge on any atom is -0.381 e. The molecule has 1 saturated carbocycles. The van der Waals surface area contributed by atoms with E-state index in [2.05, 4.69) is 9.97 Å². The van der Waals surface area contributed by atoms with Gasteiger partial charge in [0.05, 0.1) is 13.2 Å². The Labute approximate surface area is 113 Å². The lowest BCUT2D eigenvalue weighted by Gasteiger charge is -2.26. The molecule has 1 aromatic heterocycles. The van der Waals surface area contributed by atoms with E-state index in [0.29, 0.717) is 25.4 Å². The van der Waals surface area contributed by atoms with E-state index in [4.69, 9.17) is 4.74 Å². The molecule has 104 valence electrons. The maximum absolute atomic E-state index is 14.4. The number of anilines is 1. The first-order valence-corrected chi connectivity index (χ1v) is 6.95. The molecule has 4 nitrogen and oxygen atoms in total. The minimum atomic E-state index is -1.24. The molecule has 0 spiro atoms. The van der Waals surface area contributed by atoms with E-state index < -0.39 is 5.67 Å². The Morgan fingerprint density at radius 2 is 2.32 bits per heavy atom. The first-order chi connectivity index (χ1) is 9.20. The summed E-state index contributed by atoms with van der Waals surface area (Å²) in [7, 11) is 1.55. The highest BCUT2D eigenvalue weighted by Gasteiger charge is 2.39. The van der Waals surface area contributed by atoms with Crippen LogP contribution in [-0.4, -0.2) is 42.4 Å². The van der Waals surface area contributed by atoms with Gasteiger partial charge in [-0.1, -0.05) is 6.42 Å². The van der Waals surface area contributed by atoms with Gasteiger partial charge in [-0.3, -0.25) is 0 Å². The Bertz CT molecular complexity index is 452. The highest BCUT2D eigenvalue weighted by atomic mass is 19.1. The van der Waals surface area contributed by atoms with Crippen LogP contribution in [0.1, 0.15) is 37.3 Å². The molecule has 0 radical (unpaired) electrons. The molecule has 1 aliphatic carbocycles. The fourth-order valence-electron chi connectivity index (χ4n) is 2.87. The van der Waals surface area contributed by atoms with Crippen molar-refractivity contribution in [1.82, 2.24) is 9.97 Å². The third kappa shape index (κ3) is 2.56. The Hall–Kier alpha value is -1.23. The summed E-state index contributed by atoms with van der Waals surface area (Å²) in [5.41, 5.74) is -0.129. The lowest BCUT2D eigenvalue weighted by Crippen LogP contribution is -2.33. The summed E-state index contributed by atoms with van der Waals surface area (Å²) in [5, 5.41) is 0. The van der Waals surface area contributed by atoms with Crippen molar-refractivity contribution in [3.8, 4) is 0 Å². The number of nitrogens with zero attached hydrogens (tertiary/aromatic N) is 3. The predicted molar refractivity (Wildman–Crippen MR) is 71.2 cm³/mol. The van der Waals surface area contributed by atoms with Gasteiger partial charge < -0.3 is 9.64 Å². The van der Waals surface area contributed by atoms with Gasteiger partial charge in [-0.15, -0.1) is 0 Å². The van der Waals surface area contributed by atoms with Crippen molar-refractivity contribution < 1.29 is 9.13 Å². The average molecular weight is 265 g/mol. The largest absolute Gasteiger partial charge is 0.381 e. The Morgan fingerprint density at radius 3 is 3.00 bits per heavy atom. The van der Waals surface area contributed by atoms with Crippen molar-refractivity contribution in [1.29, 1.82) is 0 Å². The second-order valence-electron chi connectivity index (χ2n) is 5.68. The number of methoxy groups -OCH3 is 1. The molecule has 3 rings (SSSR count). The van der Waals surface area contributed by atoms with Gasteiger partial charge in [0.15, 0.2) is 5.67 Å². The van der Waals surface area contributed by atoms with Crippen LogP contribution < -0.4 is 4.90 Å². The van der Waals surface area contributed by atoms with E-state index in [1.165, 1.54) is 19.3 Å². The van der Waals surface area contributed by atoms with Gasteiger partial charge in [-0.25, -0.2) is 14.4 Å². The van der Waals surface area contributed by atoms with E-state index >= 15 is 0 Å². The lowest BCUT2D eigenvalue weighted by molar-refractivity contribution is 0.0570. The van der Waals surface area contributed by atoms with Crippen LogP contribution in [0.25, 0.3) is 0 Å². The van der Waals surface area contributed by atoms with Crippen LogP contribution >= 0.6 is 0 Å². The van der Waals surface area contributed by atoms with Crippen molar-refractivity contribution >= 4 is 5.82 Å². The molecule has 0 amide bonds. The van der Waals surface area contributed by atoms with Crippen molar-refractivity contribution in [2.75, 3.05) is 31.7 Å². The summed E-state index contributed by atoms with van der Waals surface area (Å²) < 4.78 is 19.3. The molecule has 0 aromatic carbocycles. The smallest absolute Gasteiger partial charge is 0.153 e. The number of rotatable bonds is 4. The number of hydrogen-bond acceptors (Lipinski definition) is 4. The maximum Gasteiger partial charge on any atom is 0.153 e. The average Bonchev–Trinajstić information content (AvgIpc) is 2.70. The van der Waals surface area contributed by atoms with Crippen molar-refractivity contribution in [2.24, 2.45) is 0 Å². The van der Waals surface area contributed by atoms with Crippen molar-refractivity contribution in [3.63, 3.8) is 0 Å². The molecule has 19 heavy (non-hydrogen) atoms. The van der Waals surface area contributed by atoms with Gasteiger partial charge in [0.2, 0.25) is 0 Å². The van der Waals surface area contributed by atoms with E-state index in [0.717, 1.165) is 11.5 Å². The summed E-state index contributed by atoms with van der Waals surface area (Å²) in [5.74, 6) is 1.44. The number of aromatic nitrogens is 2. The number of hydrogen-bond donors (Lipinski definition) is 0. The molecule has 2 heterocycles. The third-order valence-corrected chi connectivity index (χ3v) is 4.23. The van der Waals surface area contributed by atoms with Crippen LogP contribution in [0.15, 0.2) is 12.4 Å². The first-order valence-electron chi connectivity index (χ1n) is 6.95. The van der Waals surface area contributed by atoms with E-state index in [1.54, 1.807) is 13.4 Å². The van der Waals surface area contributed by atoms with Gasteiger partial charge >= 0.3 is 0 Å².